The zero-order valence-corrected chi connectivity index (χ0v) is 21.2. The molecular weight excluding hydrogens is 486 g/mol. The summed E-state index contributed by atoms with van der Waals surface area (Å²) in [5, 5.41) is 2.96. The number of sulfonamides is 1. The lowest BCUT2D eigenvalue weighted by Crippen LogP contribution is -2.50. The molecule has 1 N–H and O–H groups in total. The van der Waals surface area contributed by atoms with Crippen LogP contribution in [0, 0.1) is 0 Å². The number of hydrogen-bond donors (Lipinski definition) is 1. The maximum Gasteiger partial charge on any atom is 0.251 e. The van der Waals surface area contributed by atoms with Gasteiger partial charge in [0, 0.05) is 44.8 Å². The minimum atomic E-state index is -3.52. The van der Waals surface area contributed by atoms with Crippen LogP contribution in [0.25, 0.3) is 11.1 Å². The van der Waals surface area contributed by atoms with Crippen molar-refractivity contribution < 1.29 is 17.9 Å². The first-order valence-corrected chi connectivity index (χ1v) is 12.7. The van der Waals surface area contributed by atoms with Gasteiger partial charge in [-0.2, -0.15) is 4.31 Å². The highest BCUT2D eigenvalue weighted by Gasteiger charge is 2.28. The summed E-state index contributed by atoms with van der Waals surface area (Å²) in [7, 11) is -1.97. The van der Waals surface area contributed by atoms with Crippen LogP contribution in [-0.2, 0) is 10.0 Å². The second kappa shape index (κ2) is 12.2. The van der Waals surface area contributed by atoms with Crippen molar-refractivity contribution in [3.05, 3.63) is 84.4 Å². The quantitative estimate of drug-likeness (QED) is 0.496. The lowest BCUT2D eigenvalue weighted by molar-refractivity contribution is 0.0945. The molecule has 1 aliphatic heterocycles. The molecule has 1 aliphatic rings. The monoisotopic (exact) mass is 515 g/mol. The number of rotatable bonds is 8. The maximum absolute atomic E-state index is 12.9. The Morgan fingerprint density at radius 3 is 2.06 bits per heavy atom. The Morgan fingerprint density at radius 1 is 0.857 bits per heavy atom. The summed E-state index contributed by atoms with van der Waals surface area (Å²) in [6, 6.07) is 24.1. The number of ether oxygens (including phenoxy) is 1. The zero-order valence-electron chi connectivity index (χ0n) is 19.6. The van der Waals surface area contributed by atoms with E-state index < -0.39 is 10.0 Å². The van der Waals surface area contributed by atoms with Crippen LogP contribution in [0.4, 0.5) is 0 Å². The normalized spacial score (nSPS) is 14.7. The molecule has 1 amide bonds. The van der Waals surface area contributed by atoms with E-state index in [1.165, 1.54) is 4.31 Å². The number of carbonyl (C=O) groups is 1. The number of halogens is 1. The highest BCUT2D eigenvalue weighted by molar-refractivity contribution is 7.89. The third-order valence-corrected chi connectivity index (χ3v) is 7.91. The Bertz CT molecular complexity index is 1200. The van der Waals surface area contributed by atoms with Gasteiger partial charge in [0.15, 0.2) is 0 Å². The van der Waals surface area contributed by atoms with Crippen LogP contribution >= 0.6 is 12.4 Å². The van der Waals surface area contributed by atoms with Gasteiger partial charge >= 0.3 is 0 Å². The predicted molar refractivity (Wildman–Crippen MR) is 140 cm³/mol. The van der Waals surface area contributed by atoms with Crippen molar-refractivity contribution in [2.45, 2.75) is 4.90 Å². The number of piperazine rings is 1. The van der Waals surface area contributed by atoms with Crippen LogP contribution in [0.1, 0.15) is 10.4 Å². The van der Waals surface area contributed by atoms with Crippen molar-refractivity contribution >= 4 is 28.3 Å². The molecule has 0 radical (unpaired) electrons. The van der Waals surface area contributed by atoms with Crippen molar-refractivity contribution in [1.29, 1.82) is 0 Å². The van der Waals surface area contributed by atoms with E-state index in [1.807, 2.05) is 54.6 Å². The fourth-order valence-electron chi connectivity index (χ4n) is 3.96. The van der Waals surface area contributed by atoms with E-state index in [1.54, 1.807) is 31.4 Å². The molecule has 0 aliphatic carbocycles. The van der Waals surface area contributed by atoms with Crippen LogP contribution in [0.15, 0.2) is 83.8 Å². The van der Waals surface area contributed by atoms with E-state index in [9.17, 15) is 13.2 Å². The van der Waals surface area contributed by atoms with Gasteiger partial charge in [0.05, 0.1) is 12.0 Å². The van der Waals surface area contributed by atoms with E-state index in [0.29, 0.717) is 50.6 Å². The van der Waals surface area contributed by atoms with E-state index in [2.05, 4.69) is 10.2 Å². The summed E-state index contributed by atoms with van der Waals surface area (Å²) < 4.78 is 32.4. The molecule has 1 heterocycles. The van der Waals surface area contributed by atoms with Gasteiger partial charge in [0.25, 0.3) is 5.91 Å². The molecule has 186 valence electrons. The number of nitrogens with zero attached hydrogens (tertiary/aromatic N) is 2. The van der Waals surface area contributed by atoms with E-state index in [0.717, 1.165) is 11.1 Å². The minimum Gasteiger partial charge on any atom is -0.497 e. The molecular formula is C26H30ClN3O4S. The van der Waals surface area contributed by atoms with Crippen molar-refractivity contribution in [2.75, 3.05) is 46.4 Å². The molecule has 0 bridgehead atoms. The lowest BCUT2D eigenvalue weighted by Gasteiger charge is -2.34. The molecule has 4 rings (SSSR count). The Balaban J connectivity index is 0.00000342. The Morgan fingerprint density at radius 2 is 1.46 bits per heavy atom. The van der Waals surface area contributed by atoms with Gasteiger partial charge in [-0.05, 0) is 47.5 Å². The highest BCUT2D eigenvalue weighted by atomic mass is 35.5. The predicted octanol–water partition coefficient (Wildman–Crippen LogP) is 3.52. The number of amides is 1. The first-order chi connectivity index (χ1) is 16.5. The molecule has 7 nitrogen and oxygen atoms in total. The summed E-state index contributed by atoms with van der Waals surface area (Å²) in [6.45, 7) is 3.26. The number of benzene rings is 3. The fraction of sp³-hybridized carbons (Fsp3) is 0.269. The molecule has 0 atom stereocenters. The standard InChI is InChI=1S/C26H29N3O4S.ClH/c1-33-24-11-13-25(14-12-24)34(31,32)29-19-17-28(18-20-29)16-15-27-26(30)23-9-7-22(8-10-23)21-5-3-2-4-6-21;/h2-14H,15-20H2,1H3,(H,27,30);1H. The van der Waals surface area contributed by atoms with Gasteiger partial charge in [-0.15, -0.1) is 12.4 Å². The van der Waals surface area contributed by atoms with Crippen LogP contribution < -0.4 is 10.1 Å². The number of methoxy groups -OCH3 is 1. The van der Waals surface area contributed by atoms with Gasteiger partial charge in [0.2, 0.25) is 10.0 Å². The fourth-order valence-corrected chi connectivity index (χ4v) is 5.39. The maximum atomic E-state index is 12.9. The van der Waals surface area contributed by atoms with Gasteiger partial charge in [-0.3, -0.25) is 9.69 Å². The summed E-state index contributed by atoms with van der Waals surface area (Å²) in [4.78, 5) is 14.9. The van der Waals surface area contributed by atoms with Crippen molar-refractivity contribution in [1.82, 2.24) is 14.5 Å². The van der Waals surface area contributed by atoms with Gasteiger partial charge in [-0.1, -0.05) is 42.5 Å². The van der Waals surface area contributed by atoms with Gasteiger partial charge < -0.3 is 10.1 Å². The first kappa shape index (κ1) is 26.7. The molecule has 9 heteroatoms. The number of nitrogens with one attached hydrogen (secondary N) is 1. The lowest BCUT2D eigenvalue weighted by atomic mass is 10.0. The van der Waals surface area contributed by atoms with E-state index in [-0.39, 0.29) is 23.2 Å². The third kappa shape index (κ3) is 6.61. The molecule has 35 heavy (non-hydrogen) atoms. The average molecular weight is 516 g/mol. The van der Waals surface area contributed by atoms with Crippen molar-refractivity contribution in [3.63, 3.8) is 0 Å². The highest BCUT2D eigenvalue weighted by Crippen LogP contribution is 2.21. The summed E-state index contributed by atoms with van der Waals surface area (Å²) >= 11 is 0. The van der Waals surface area contributed by atoms with E-state index in [4.69, 9.17) is 4.74 Å². The van der Waals surface area contributed by atoms with Crippen LogP contribution in [-0.4, -0.2) is 69.9 Å². The summed E-state index contributed by atoms with van der Waals surface area (Å²) in [6.07, 6.45) is 0. The number of carbonyl (C=O) groups excluding carboxylic acids is 1. The smallest absolute Gasteiger partial charge is 0.251 e. The zero-order chi connectivity index (χ0) is 24.0. The first-order valence-electron chi connectivity index (χ1n) is 11.3. The third-order valence-electron chi connectivity index (χ3n) is 6.00. The van der Waals surface area contributed by atoms with Crippen LogP contribution in [0.2, 0.25) is 0 Å². The second-order valence-corrected chi connectivity index (χ2v) is 10.1. The molecule has 0 aromatic heterocycles. The van der Waals surface area contributed by atoms with Gasteiger partial charge in [-0.25, -0.2) is 8.42 Å². The molecule has 0 unspecified atom stereocenters. The van der Waals surface area contributed by atoms with Crippen LogP contribution in [0.3, 0.4) is 0 Å². The average Bonchev–Trinajstić information content (AvgIpc) is 2.89. The van der Waals surface area contributed by atoms with Crippen LogP contribution in [0.5, 0.6) is 5.75 Å². The van der Waals surface area contributed by atoms with Crippen molar-refractivity contribution in [3.8, 4) is 16.9 Å². The van der Waals surface area contributed by atoms with E-state index >= 15 is 0 Å². The Labute approximate surface area is 213 Å². The van der Waals surface area contributed by atoms with Crippen molar-refractivity contribution in [2.24, 2.45) is 0 Å². The largest absolute Gasteiger partial charge is 0.497 e. The molecule has 0 saturated carbocycles. The summed E-state index contributed by atoms with van der Waals surface area (Å²) in [5.41, 5.74) is 2.80. The SMILES string of the molecule is COc1ccc(S(=O)(=O)N2CCN(CCNC(=O)c3ccc(-c4ccccc4)cc3)CC2)cc1.Cl. The topological polar surface area (TPSA) is 79.0 Å². The molecule has 1 fully saturated rings. The Kier molecular flexibility index (Phi) is 9.28. The second-order valence-electron chi connectivity index (χ2n) is 8.12. The minimum absolute atomic E-state index is 0. The van der Waals surface area contributed by atoms with Gasteiger partial charge in [0.1, 0.15) is 5.75 Å². The summed E-state index contributed by atoms with van der Waals surface area (Å²) in [5.74, 6) is 0.512. The Hall–Kier alpha value is -2.91. The molecule has 3 aromatic rings. The molecule has 3 aromatic carbocycles. The molecule has 0 spiro atoms. The molecule has 1 saturated heterocycles. The number of hydrogen-bond acceptors (Lipinski definition) is 5.